The predicted molar refractivity (Wildman–Crippen MR) is 52.2 cm³/mol. The standard InChI is InChI=1S/C8H15N5O2/c1-8(2)14-5-6(15-8)4-9-7-10-11-12-13(7)3/h6H,4-5H2,1-3H3,(H,9,10,12). The lowest BCUT2D eigenvalue weighted by Crippen LogP contribution is -2.26. The van der Waals surface area contributed by atoms with Crippen LogP contribution < -0.4 is 5.32 Å². The first-order valence-electron chi connectivity index (χ1n) is 4.85. The minimum absolute atomic E-state index is 0.0386. The van der Waals surface area contributed by atoms with E-state index < -0.39 is 5.79 Å². The van der Waals surface area contributed by atoms with E-state index in [-0.39, 0.29) is 6.10 Å². The first-order valence-corrected chi connectivity index (χ1v) is 4.85. The van der Waals surface area contributed by atoms with Crippen molar-refractivity contribution in [2.75, 3.05) is 18.5 Å². The van der Waals surface area contributed by atoms with Crippen molar-refractivity contribution < 1.29 is 9.47 Å². The molecule has 0 spiro atoms. The molecule has 1 aromatic rings. The molecular formula is C8H15N5O2. The molecule has 1 aliphatic rings. The van der Waals surface area contributed by atoms with E-state index in [0.29, 0.717) is 19.1 Å². The molecule has 2 heterocycles. The molecule has 1 unspecified atom stereocenters. The monoisotopic (exact) mass is 213 g/mol. The van der Waals surface area contributed by atoms with Gasteiger partial charge in [0.2, 0.25) is 5.95 Å². The van der Waals surface area contributed by atoms with Gasteiger partial charge in [0.25, 0.3) is 0 Å². The van der Waals surface area contributed by atoms with Crippen LogP contribution in [0.5, 0.6) is 0 Å². The summed E-state index contributed by atoms with van der Waals surface area (Å²) in [6.45, 7) is 5.02. The zero-order valence-electron chi connectivity index (χ0n) is 9.10. The summed E-state index contributed by atoms with van der Waals surface area (Å²) < 4.78 is 12.6. The summed E-state index contributed by atoms with van der Waals surface area (Å²) in [6, 6.07) is 0. The van der Waals surface area contributed by atoms with Crippen molar-refractivity contribution in [3.63, 3.8) is 0 Å². The van der Waals surface area contributed by atoms with Crippen LogP contribution in [0.4, 0.5) is 5.95 Å². The Labute approximate surface area is 87.7 Å². The molecule has 7 nitrogen and oxygen atoms in total. The molecule has 0 radical (unpaired) electrons. The zero-order valence-corrected chi connectivity index (χ0v) is 9.10. The van der Waals surface area contributed by atoms with Crippen molar-refractivity contribution in [2.45, 2.75) is 25.7 Å². The molecular weight excluding hydrogens is 198 g/mol. The third kappa shape index (κ3) is 2.42. The van der Waals surface area contributed by atoms with Gasteiger partial charge in [-0.3, -0.25) is 0 Å². The van der Waals surface area contributed by atoms with Crippen LogP contribution in [0.2, 0.25) is 0 Å². The number of hydrogen-bond donors (Lipinski definition) is 1. The normalized spacial score (nSPS) is 24.3. The van der Waals surface area contributed by atoms with Gasteiger partial charge in [0.15, 0.2) is 5.79 Å². The highest BCUT2D eigenvalue weighted by atomic mass is 16.7. The average Bonchev–Trinajstić information content (AvgIpc) is 2.69. The van der Waals surface area contributed by atoms with Gasteiger partial charge in [-0.1, -0.05) is 5.10 Å². The first kappa shape index (κ1) is 10.3. The Kier molecular flexibility index (Phi) is 2.57. The van der Waals surface area contributed by atoms with Crippen LogP contribution in [0.3, 0.4) is 0 Å². The SMILES string of the molecule is Cn1nnnc1NCC1COC(C)(C)O1. The van der Waals surface area contributed by atoms with Gasteiger partial charge < -0.3 is 14.8 Å². The maximum Gasteiger partial charge on any atom is 0.242 e. The smallest absolute Gasteiger partial charge is 0.242 e. The minimum Gasteiger partial charge on any atom is -0.350 e. The van der Waals surface area contributed by atoms with E-state index in [2.05, 4.69) is 20.8 Å². The van der Waals surface area contributed by atoms with Crippen molar-refractivity contribution in [1.29, 1.82) is 0 Å². The van der Waals surface area contributed by atoms with E-state index >= 15 is 0 Å². The lowest BCUT2D eigenvalue weighted by molar-refractivity contribution is -0.136. The van der Waals surface area contributed by atoms with Crippen LogP contribution in [-0.4, -0.2) is 45.2 Å². The molecule has 0 bridgehead atoms. The number of nitrogens with one attached hydrogen (secondary N) is 1. The van der Waals surface area contributed by atoms with Crippen molar-refractivity contribution in [3.8, 4) is 0 Å². The fourth-order valence-electron chi connectivity index (χ4n) is 1.45. The van der Waals surface area contributed by atoms with E-state index in [9.17, 15) is 0 Å². The molecule has 1 N–H and O–H groups in total. The van der Waals surface area contributed by atoms with Gasteiger partial charge in [-0.15, -0.1) is 0 Å². The van der Waals surface area contributed by atoms with E-state index in [0.717, 1.165) is 0 Å². The summed E-state index contributed by atoms with van der Waals surface area (Å²) >= 11 is 0. The number of tetrazole rings is 1. The predicted octanol–water partition coefficient (Wildman–Crippen LogP) is -0.226. The van der Waals surface area contributed by atoms with Crippen LogP contribution in [-0.2, 0) is 16.5 Å². The first-order chi connectivity index (χ1) is 7.07. The molecule has 0 aromatic carbocycles. The summed E-state index contributed by atoms with van der Waals surface area (Å²) in [5.41, 5.74) is 0. The summed E-state index contributed by atoms with van der Waals surface area (Å²) in [7, 11) is 1.78. The third-order valence-corrected chi connectivity index (χ3v) is 2.18. The lowest BCUT2D eigenvalue weighted by Gasteiger charge is -2.17. The number of hydrogen-bond acceptors (Lipinski definition) is 6. The van der Waals surface area contributed by atoms with Crippen LogP contribution in [0.15, 0.2) is 0 Å². The molecule has 0 amide bonds. The minimum atomic E-state index is -0.482. The van der Waals surface area contributed by atoms with Gasteiger partial charge in [0.05, 0.1) is 6.61 Å². The molecule has 1 aliphatic heterocycles. The maximum absolute atomic E-state index is 5.62. The third-order valence-electron chi connectivity index (χ3n) is 2.18. The molecule has 0 saturated carbocycles. The van der Waals surface area contributed by atoms with Gasteiger partial charge in [-0.25, -0.2) is 4.68 Å². The van der Waals surface area contributed by atoms with Gasteiger partial charge in [0.1, 0.15) is 6.10 Å². The van der Waals surface area contributed by atoms with E-state index in [4.69, 9.17) is 9.47 Å². The highest BCUT2D eigenvalue weighted by molar-refractivity contribution is 5.21. The molecule has 1 atom stereocenters. The molecule has 0 aliphatic carbocycles. The molecule has 1 aromatic heterocycles. The largest absolute Gasteiger partial charge is 0.350 e. The Morgan fingerprint density at radius 3 is 2.93 bits per heavy atom. The number of rotatable bonds is 3. The van der Waals surface area contributed by atoms with E-state index in [1.54, 1.807) is 11.7 Å². The number of nitrogens with zero attached hydrogens (tertiary/aromatic N) is 4. The van der Waals surface area contributed by atoms with E-state index in [1.165, 1.54) is 0 Å². The van der Waals surface area contributed by atoms with E-state index in [1.807, 2.05) is 13.8 Å². The van der Waals surface area contributed by atoms with Crippen molar-refractivity contribution in [2.24, 2.45) is 7.05 Å². The zero-order chi connectivity index (χ0) is 10.9. The second-order valence-corrected chi connectivity index (χ2v) is 3.96. The summed E-state index contributed by atoms with van der Waals surface area (Å²) in [5, 5.41) is 14.1. The fraction of sp³-hybridized carbons (Fsp3) is 0.875. The number of aryl methyl sites for hydroxylation is 1. The highest BCUT2D eigenvalue weighted by Crippen LogP contribution is 2.22. The number of ether oxygens (including phenoxy) is 2. The van der Waals surface area contributed by atoms with Crippen LogP contribution in [0.1, 0.15) is 13.8 Å². The average molecular weight is 213 g/mol. The molecule has 7 heteroatoms. The van der Waals surface area contributed by atoms with Gasteiger partial charge in [-0.2, -0.15) is 0 Å². The number of anilines is 1. The Bertz CT molecular complexity index is 338. The summed E-state index contributed by atoms with van der Waals surface area (Å²) in [4.78, 5) is 0. The Hall–Kier alpha value is -1.21. The van der Waals surface area contributed by atoms with Crippen LogP contribution >= 0.6 is 0 Å². The highest BCUT2D eigenvalue weighted by Gasteiger charge is 2.32. The fourth-order valence-corrected chi connectivity index (χ4v) is 1.45. The second-order valence-electron chi connectivity index (χ2n) is 3.96. The molecule has 15 heavy (non-hydrogen) atoms. The van der Waals surface area contributed by atoms with Crippen LogP contribution in [0.25, 0.3) is 0 Å². The lowest BCUT2D eigenvalue weighted by atomic mass is 10.4. The Morgan fingerprint density at radius 2 is 2.40 bits per heavy atom. The summed E-state index contributed by atoms with van der Waals surface area (Å²) in [5.74, 6) is 0.146. The van der Waals surface area contributed by atoms with Gasteiger partial charge in [-0.05, 0) is 24.3 Å². The second kappa shape index (κ2) is 3.74. The van der Waals surface area contributed by atoms with Gasteiger partial charge in [0, 0.05) is 13.6 Å². The number of aromatic nitrogens is 4. The van der Waals surface area contributed by atoms with Crippen LogP contribution in [0, 0.1) is 0 Å². The molecule has 2 rings (SSSR count). The van der Waals surface area contributed by atoms with Gasteiger partial charge >= 0.3 is 0 Å². The van der Waals surface area contributed by atoms with Crippen molar-refractivity contribution in [1.82, 2.24) is 20.2 Å². The topological polar surface area (TPSA) is 74.1 Å². The molecule has 84 valence electrons. The molecule has 1 fully saturated rings. The Morgan fingerprint density at radius 1 is 1.60 bits per heavy atom. The summed E-state index contributed by atoms with van der Waals surface area (Å²) in [6.07, 6.45) is 0.0386. The Balaban J connectivity index is 1.83. The van der Waals surface area contributed by atoms with Crippen molar-refractivity contribution >= 4 is 5.95 Å². The maximum atomic E-state index is 5.62. The van der Waals surface area contributed by atoms with Crippen molar-refractivity contribution in [3.05, 3.63) is 0 Å². The molecule has 1 saturated heterocycles. The quantitative estimate of drug-likeness (QED) is 0.747.